The van der Waals surface area contributed by atoms with E-state index in [-0.39, 0.29) is 5.56 Å². The molecule has 0 aliphatic rings. The summed E-state index contributed by atoms with van der Waals surface area (Å²) in [5.74, 6) is -0.573. The molecule has 0 aromatic heterocycles. The molecule has 0 N–H and O–H groups in total. The van der Waals surface area contributed by atoms with E-state index in [1.807, 2.05) is 0 Å². The Morgan fingerprint density at radius 3 is 2.47 bits per heavy atom. The second kappa shape index (κ2) is 6.93. The number of carbonyl (C=O) groups is 1. The number of rotatable bonds is 5. The van der Waals surface area contributed by atoms with Crippen LogP contribution in [-0.4, -0.2) is 29.2 Å². The highest BCUT2D eigenvalue weighted by Crippen LogP contribution is 2.32. The minimum absolute atomic E-state index is 0.286. The minimum Gasteiger partial charge on any atom is -0.339 e. The molecule has 106 valence electrons. The molecule has 0 spiro atoms. The lowest BCUT2D eigenvalue weighted by Gasteiger charge is -2.22. The monoisotopic (exact) mass is 337 g/mol. The number of carbonyl (C=O) groups excluding carboxylic acids is 1. The fraction of sp³-hybridized carbons (Fsp3) is 0.462. The molecule has 0 saturated carbocycles. The van der Waals surface area contributed by atoms with Gasteiger partial charge in [-0.3, -0.25) is 4.79 Å². The van der Waals surface area contributed by atoms with Crippen molar-refractivity contribution >= 4 is 21.8 Å². The molecule has 1 aromatic rings. The van der Waals surface area contributed by atoms with Crippen molar-refractivity contribution in [1.82, 2.24) is 4.90 Å². The molecule has 0 bridgehead atoms. The number of benzene rings is 1. The maximum atomic E-state index is 12.8. The molecule has 0 unspecified atom stereocenters. The van der Waals surface area contributed by atoms with Gasteiger partial charge in [0.15, 0.2) is 0 Å². The molecule has 6 heteroatoms. The first-order valence-corrected chi connectivity index (χ1v) is 7.05. The molecule has 0 atom stereocenters. The van der Waals surface area contributed by atoms with E-state index in [2.05, 4.69) is 15.9 Å². The lowest BCUT2D eigenvalue weighted by Crippen LogP contribution is -2.33. The molecule has 0 aliphatic heterocycles. The maximum absolute atomic E-state index is 12.8. The molecular formula is C13H15BrF3NO. The Labute approximate surface area is 118 Å². The summed E-state index contributed by atoms with van der Waals surface area (Å²) in [6.45, 7) is 2.58. The van der Waals surface area contributed by atoms with Crippen LogP contribution in [0.25, 0.3) is 0 Å². The van der Waals surface area contributed by atoms with Gasteiger partial charge >= 0.3 is 6.18 Å². The average molecular weight is 338 g/mol. The second-order valence-electron chi connectivity index (χ2n) is 3.97. The van der Waals surface area contributed by atoms with Gasteiger partial charge in [0.25, 0.3) is 5.91 Å². The zero-order chi connectivity index (χ0) is 14.5. The molecule has 2 nitrogen and oxygen atoms in total. The third kappa shape index (κ3) is 4.23. The maximum Gasteiger partial charge on any atom is 0.417 e. The largest absolute Gasteiger partial charge is 0.417 e. The first-order valence-electron chi connectivity index (χ1n) is 5.93. The van der Waals surface area contributed by atoms with Gasteiger partial charge in [0, 0.05) is 18.4 Å². The van der Waals surface area contributed by atoms with Crippen molar-refractivity contribution in [2.24, 2.45) is 0 Å². The summed E-state index contributed by atoms with van der Waals surface area (Å²) in [6, 6.07) is 4.89. The van der Waals surface area contributed by atoms with Crippen LogP contribution in [0.5, 0.6) is 0 Å². The summed E-state index contributed by atoms with van der Waals surface area (Å²) in [7, 11) is 0. The van der Waals surface area contributed by atoms with Gasteiger partial charge in [-0.15, -0.1) is 0 Å². The number of alkyl halides is 4. The van der Waals surface area contributed by atoms with Crippen molar-refractivity contribution in [2.45, 2.75) is 19.5 Å². The normalized spacial score (nSPS) is 11.4. The van der Waals surface area contributed by atoms with Crippen LogP contribution in [0.4, 0.5) is 13.2 Å². The fourth-order valence-corrected chi connectivity index (χ4v) is 1.99. The predicted molar refractivity (Wildman–Crippen MR) is 71.4 cm³/mol. The van der Waals surface area contributed by atoms with Crippen LogP contribution in [0.3, 0.4) is 0 Å². The third-order valence-corrected chi connectivity index (χ3v) is 3.25. The van der Waals surface area contributed by atoms with Crippen molar-refractivity contribution < 1.29 is 18.0 Å². The van der Waals surface area contributed by atoms with E-state index in [0.29, 0.717) is 24.8 Å². The summed E-state index contributed by atoms with van der Waals surface area (Å²) >= 11 is 3.24. The van der Waals surface area contributed by atoms with Gasteiger partial charge in [-0.2, -0.15) is 13.2 Å². The van der Waals surface area contributed by atoms with Crippen LogP contribution in [0.1, 0.15) is 29.3 Å². The van der Waals surface area contributed by atoms with E-state index in [1.54, 1.807) is 6.92 Å². The van der Waals surface area contributed by atoms with Gasteiger partial charge in [-0.1, -0.05) is 28.1 Å². The predicted octanol–water partition coefficient (Wildman–Crippen LogP) is 3.95. The summed E-state index contributed by atoms with van der Waals surface area (Å²) in [5, 5.41) is 0.706. The van der Waals surface area contributed by atoms with Crippen molar-refractivity contribution in [3.05, 3.63) is 35.4 Å². The van der Waals surface area contributed by atoms with Gasteiger partial charge in [-0.05, 0) is 25.5 Å². The smallest absolute Gasteiger partial charge is 0.339 e. The number of hydrogen-bond acceptors (Lipinski definition) is 1. The highest BCUT2D eigenvalue weighted by atomic mass is 79.9. The van der Waals surface area contributed by atoms with Gasteiger partial charge in [0.2, 0.25) is 0 Å². The Morgan fingerprint density at radius 1 is 1.32 bits per heavy atom. The Morgan fingerprint density at radius 2 is 1.95 bits per heavy atom. The van der Waals surface area contributed by atoms with E-state index in [1.165, 1.54) is 23.1 Å². The topological polar surface area (TPSA) is 20.3 Å². The molecule has 1 rings (SSSR count). The van der Waals surface area contributed by atoms with Crippen molar-refractivity contribution in [3.8, 4) is 0 Å². The zero-order valence-electron chi connectivity index (χ0n) is 10.5. The van der Waals surface area contributed by atoms with E-state index in [9.17, 15) is 18.0 Å². The third-order valence-electron chi connectivity index (χ3n) is 2.69. The van der Waals surface area contributed by atoms with Crippen LogP contribution in [-0.2, 0) is 6.18 Å². The number of hydrogen-bond donors (Lipinski definition) is 0. The number of amides is 1. The lowest BCUT2D eigenvalue weighted by molar-refractivity contribution is -0.138. The Hall–Kier alpha value is -1.04. The van der Waals surface area contributed by atoms with Crippen molar-refractivity contribution in [1.29, 1.82) is 0 Å². The van der Waals surface area contributed by atoms with Crippen molar-refractivity contribution in [2.75, 3.05) is 18.4 Å². The van der Waals surface area contributed by atoms with E-state index in [4.69, 9.17) is 0 Å². The first-order chi connectivity index (χ1) is 8.91. The molecule has 19 heavy (non-hydrogen) atoms. The van der Waals surface area contributed by atoms with Gasteiger partial charge in [-0.25, -0.2) is 0 Å². The van der Waals surface area contributed by atoms with Gasteiger partial charge in [0.1, 0.15) is 0 Å². The average Bonchev–Trinajstić information content (AvgIpc) is 2.38. The van der Waals surface area contributed by atoms with Crippen LogP contribution < -0.4 is 0 Å². The van der Waals surface area contributed by atoms with Crippen molar-refractivity contribution in [3.63, 3.8) is 0 Å². The Balaban J connectivity index is 3.05. The van der Waals surface area contributed by atoms with E-state index < -0.39 is 17.6 Å². The SMILES string of the molecule is CCN(CCCBr)C(=O)c1ccccc1C(F)(F)F. The number of halogens is 4. The first kappa shape index (κ1) is 16.0. The van der Waals surface area contributed by atoms with Crippen LogP contribution in [0, 0.1) is 0 Å². The van der Waals surface area contributed by atoms with E-state index >= 15 is 0 Å². The number of nitrogens with zero attached hydrogens (tertiary/aromatic N) is 1. The fourth-order valence-electron chi connectivity index (χ4n) is 1.74. The second-order valence-corrected chi connectivity index (χ2v) is 4.76. The molecule has 0 radical (unpaired) electrons. The molecule has 0 heterocycles. The summed E-state index contributed by atoms with van der Waals surface area (Å²) < 4.78 is 38.5. The molecule has 0 aliphatic carbocycles. The Bertz CT molecular complexity index is 434. The minimum atomic E-state index is -4.51. The molecular weight excluding hydrogens is 323 g/mol. The summed E-state index contributed by atoms with van der Waals surface area (Å²) in [5.41, 5.74) is -1.16. The van der Waals surface area contributed by atoms with Crippen LogP contribution in [0.15, 0.2) is 24.3 Å². The zero-order valence-corrected chi connectivity index (χ0v) is 12.1. The highest BCUT2D eigenvalue weighted by molar-refractivity contribution is 9.09. The molecule has 1 aromatic carbocycles. The van der Waals surface area contributed by atoms with Gasteiger partial charge in [0.05, 0.1) is 11.1 Å². The standard InChI is InChI=1S/C13H15BrF3NO/c1-2-18(9-5-8-14)12(19)10-6-3-4-7-11(10)13(15,16)17/h3-4,6-7H,2,5,8-9H2,1H3. The summed E-state index contributed by atoms with van der Waals surface area (Å²) in [4.78, 5) is 13.6. The van der Waals surface area contributed by atoms with Crippen LogP contribution in [0.2, 0.25) is 0 Å². The molecule has 1 amide bonds. The Kier molecular flexibility index (Phi) is 5.85. The quantitative estimate of drug-likeness (QED) is 0.745. The molecule has 0 fully saturated rings. The summed E-state index contributed by atoms with van der Waals surface area (Å²) in [6.07, 6.45) is -3.81. The molecule has 0 saturated heterocycles. The van der Waals surface area contributed by atoms with Gasteiger partial charge < -0.3 is 4.90 Å². The van der Waals surface area contributed by atoms with E-state index in [0.717, 1.165) is 6.07 Å². The lowest BCUT2D eigenvalue weighted by atomic mass is 10.1. The van der Waals surface area contributed by atoms with Crippen LogP contribution >= 0.6 is 15.9 Å². The highest BCUT2D eigenvalue weighted by Gasteiger charge is 2.35.